The summed E-state index contributed by atoms with van der Waals surface area (Å²) in [6.07, 6.45) is 1.83. The molecule has 0 saturated carbocycles. The van der Waals surface area contributed by atoms with Crippen molar-refractivity contribution in [3.63, 3.8) is 0 Å². The second kappa shape index (κ2) is 7.60. The molecular weight excluding hydrogens is 260 g/mol. The van der Waals surface area contributed by atoms with Gasteiger partial charge in [-0.25, -0.2) is 0 Å². The minimum atomic E-state index is -0.0153. The van der Waals surface area contributed by atoms with Crippen LogP contribution in [-0.4, -0.2) is 19.0 Å². The molecule has 0 aromatic heterocycles. The van der Waals surface area contributed by atoms with Gasteiger partial charge in [0.05, 0.1) is 0 Å². The first-order chi connectivity index (χ1) is 10.2. The average Bonchev–Trinajstić information content (AvgIpc) is 2.54. The van der Waals surface area contributed by atoms with Gasteiger partial charge in [0.1, 0.15) is 0 Å². The fourth-order valence-corrected chi connectivity index (χ4v) is 2.21. The van der Waals surface area contributed by atoms with Crippen LogP contribution in [0.5, 0.6) is 0 Å². The smallest absolute Gasteiger partial charge is 0.251 e. The van der Waals surface area contributed by atoms with E-state index >= 15 is 0 Å². The van der Waals surface area contributed by atoms with Gasteiger partial charge < -0.3 is 11.1 Å². The zero-order chi connectivity index (χ0) is 15.1. The molecule has 0 saturated heterocycles. The third-order valence-electron chi connectivity index (χ3n) is 3.38. The highest BCUT2D eigenvalue weighted by Gasteiger charge is 2.06. The van der Waals surface area contributed by atoms with E-state index in [1.54, 1.807) is 0 Å². The molecule has 0 spiro atoms. The van der Waals surface area contributed by atoms with E-state index in [1.165, 1.54) is 5.56 Å². The fraction of sp³-hybridized carbons (Fsp3) is 0.278. The van der Waals surface area contributed by atoms with Gasteiger partial charge in [-0.2, -0.15) is 0 Å². The van der Waals surface area contributed by atoms with E-state index in [1.807, 2.05) is 31.2 Å². The van der Waals surface area contributed by atoms with Crippen LogP contribution in [0.25, 0.3) is 11.1 Å². The third-order valence-corrected chi connectivity index (χ3v) is 3.38. The standard InChI is InChI=1S/C18H22N2O/c1-2-12-20-18(21)17-5-3-4-16(13-17)15-8-6-14(7-9-15)10-11-19/h3-9,13H,2,10-12,19H2,1H3,(H,20,21). The Bertz CT molecular complexity index is 590. The summed E-state index contributed by atoms with van der Waals surface area (Å²) in [6, 6.07) is 16.1. The lowest BCUT2D eigenvalue weighted by Crippen LogP contribution is -2.23. The van der Waals surface area contributed by atoms with Crippen LogP contribution in [0.3, 0.4) is 0 Å². The maximum atomic E-state index is 12.0. The Morgan fingerprint density at radius 2 is 1.86 bits per heavy atom. The molecule has 2 rings (SSSR count). The third kappa shape index (κ3) is 4.17. The second-order valence-electron chi connectivity index (χ2n) is 5.07. The second-order valence-corrected chi connectivity index (χ2v) is 5.07. The van der Waals surface area contributed by atoms with Crippen molar-refractivity contribution in [2.24, 2.45) is 5.73 Å². The molecule has 0 fully saturated rings. The molecule has 0 atom stereocenters. The van der Waals surface area contributed by atoms with Gasteiger partial charge >= 0.3 is 0 Å². The van der Waals surface area contributed by atoms with E-state index in [0.717, 1.165) is 24.0 Å². The largest absolute Gasteiger partial charge is 0.352 e. The SMILES string of the molecule is CCCNC(=O)c1cccc(-c2ccc(CCN)cc2)c1. The van der Waals surface area contributed by atoms with Crippen LogP contribution < -0.4 is 11.1 Å². The summed E-state index contributed by atoms with van der Waals surface area (Å²) >= 11 is 0. The summed E-state index contributed by atoms with van der Waals surface area (Å²) in [6.45, 7) is 3.41. The number of nitrogens with two attached hydrogens (primary N) is 1. The molecule has 1 amide bonds. The molecule has 0 aliphatic heterocycles. The van der Waals surface area contributed by atoms with Gasteiger partial charge in [0.25, 0.3) is 5.91 Å². The van der Waals surface area contributed by atoms with Crippen molar-refractivity contribution in [3.05, 3.63) is 59.7 Å². The van der Waals surface area contributed by atoms with E-state index in [4.69, 9.17) is 5.73 Å². The Hall–Kier alpha value is -2.13. The minimum Gasteiger partial charge on any atom is -0.352 e. The zero-order valence-electron chi connectivity index (χ0n) is 12.4. The van der Waals surface area contributed by atoms with Crippen molar-refractivity contribution in [2.45, 2.75) is 19.8 Å². The molecule has 2 aromatic rings. The van der Waals surface area contributed by atoms with Crippen molar-refractivity contribution >= 4 is 5.91 Å². The first-order valence-electron chi connectivity index (χ1n) is 7.42. The Balaban J connectivity index is 2.18. The number of carbonyl (C=O) groups is 1. The van der Waals surface area contributed by atoms with E-state index in [0.29, 0.717) is 18.7 Å². The fourth-order valence-electron chi connectivity index (χ4n) is 2.21. The number of rotatable bonds is 6. The Morgan fingerprint density at radius 1 is 1.10 bits per heavy atom. The first kappa shape index (κ1) is 15.3. The number of nitrogens with one attached hydrogen (secondary N) is 1. The highest BCUT2D eigenvalue weighted by atomic mass is 16.1. The van der Waals surface area contributed by atoms with Crippen LogP contribution >= 0.6 is 0 Å². The van der Waals surface area contributed by atoms with Gasteiger partial charge in [-0.05, 0) is 48.2 Å². The summed E-state index contributed by atoms with van der Waals surface area (Å²) in [5, 5.41) is 2.90. The molecule has 2 aromatic carbocycles. The van der Waals surface area contributed by atoms with Crippen molar-refractivity contribution < 1.29 is 4.79 Å². The van der Waals surface area contributed by atoms with Crippen LogP contribution in [0.2, 0.25) is 0 Å². The summed E-state index contributed by atoms with van der Waals surface area (Å²) in [4.78, 5) is 12.0. The predicted octanol–water partition coefficient (Wildman–Crippen LogP) is 2.99. The topological polar surface area (TPSA) is 55.1 Å². The van der Waals surface area contributed by atoms with Crippen molar-refractivity contribution in [3.8, 4) is 11.1 Å². The summed E-state index contributed by atoms with van der Waals surface area (Å²) in [7, 11) is 0. The zero-order valence-corrected chi connectivity index (χ0v) is 12.4. The van der Waals surface area contributed by atoms with Gasteiger partial charge in [0, 0.05) is 12.1 Å². The lowest BCUT2D eigenvalue weighted by Gasteiger charge is -2.07. The van der Waals surface area contributed by atoms with E-state index in [-0.39, 0.29) is 5.91 Å². The van der Waals surface area contributed by atoms with Crippen molar-refractivity contribution in [1.29, 1.82) is 0 Å². The monoisotopic (exact) mass is 282 g/mol. The van der Waals surface area contributed by atoms with Crippen molar-refractivity contribution in [2.75, 3.05) is 13.1 Å². The van der Waals surface area contributed by atoms with Crippen LogP contribution in [0.1, 0.15) is 29.3 Å². The molecule has 0 bridgehead atoms. The molecule has 0 aliphatic rings. The highest BCUT2D eigenvalue weighted by Crippen LogP contribution is 2.21. The van der Waals surface area contributed by atoms with Gasteiger partial charge in [0.2, 0.25) is 0 Å². The van der Waals surface area contributed by atoms with E-state index in [9.17, 15) is 4.79 Å². The molecule has 0 aliphatic carbocycles. The van der Waals surface area contributed by atoms with Crippen molar-refractivity contribution in [1.82, 2.24) is 5.32 Å². The predicted molar refractivity (Wildman–Crippen MR) is 87.3 cm³/mol. The average molecular weight is 282 g/mol. The quantitative estimate of drug-likeness (QED) is 0.855. The lowest BCUT2D eigenvalue weighted by atomic mass is 10.0. The first-order valence-corrected chi connectivity index (χ1v) is 7.42. The summed E-state index contributed by atoms with van der Waals surface area (Å²) < 4.78 is 0. The van der Waals surface area contributed by atoms with Gasteiger partial charge in [0.15, 0.2) is 0 Å². The van der Waals surface area contributed by atoms with Crippen LogP contribution in [0.15, 0.2) is 48.5 Å². The number of benzene rings is 2. The maximum Gasteiger partial charge on any atom is 0.251 e. The van der Waals surface area contributed by atoms with Gasteiger partial charge in [-0.3, -0.25) is 4.79 Å². The number of hydrogen-bond donors (Lipinski definition) is 2. The van der Waals surface area contributed by atoms with Crippen LogP contribution in [0.4, 0.5) is 0 Å². The highest BCUT2D eigenvalue weighted by molar-refractivity contribution is 5.95. The van der Waals surface area contributed by atoms with Crippen LogP contribution in [-0.2, 0) is 6.42 Å². The Labute approximate surface area is 126 Å². The molecule has 110 valence electrons. The number of hydrogen-bond acceptors (Lipinski definition) is 2. The summed E-state index contributed by atoms with van der Waals surface area (Å²) in [5.41, 5.74) is 9.66. The van der Waals surface area contributed by atoms with Crippen LogP contribution in [0, 0.1) is 0 Å². The molecule has 0 heterocycles. The Kier molecular flexibility index (Phi) is 5.52. The number of carbonyl (C=O) groups excluding carboxylic acids is 1. The molecular formula is C18H22N2O. The molecule has 21 heavy (non-hydrogen) atoms. The normalized spacial score (nSPS) is 10.4. The summed E-state index contributed by atoms with van der Waals surface area (Å²) in [5.74, 6) is -0.0153. The molecule has 3 N–H and O–H groups in total. The molecule has 3 heteroatoms. The van der Waals surface area contributed by atoms with Gasteiger partial charge in [-0.1, -0.05) is 43.3 Å². The molecule has 0 unspecified atom stereocenters. The van der Waals surface area contributed by atoms with Gasteiger partial charge in [-0.15, -0.1) is 0 Å². The van der Waals surface area contributed by atoms with E-state index < -0.39 is 0 Å². The Morgan fingerprint density at radius 3 is 2.52 bits per heavy atom. The van der Waals surface area contributed by atoms with E-state index in [2.05, 4.69) is 29.6 Å². The molecule has 3 nitrogen and oxygen atoms in total. The lowest BCUT2D eigenvalue weighted by molar-refractivity contribution is 0.0953. The maximum absolute atomic E-state index is 12.0. The number of amides is 1. The molecule has 0 radical (unpaired) electrons. The minimum absolute atomic E-state index is 0.0153.